The lowest BCUT2D eigenvalue weighted by Gasteiger charge is -2.16. The second kappa shape index (κ2) is 6.99. The van der Waals surface area contributed by atoms with Gasteiger partial charge in [-0.15, -0.1) is 0 Å². The van der Waals surface area contributed by atoms with Gasteiger partial charge in [-0.05, 0) is 18.6 Å². The molecule has 1 heterocycles. The Balaban J connectivity index is 2.50. The normalized spacial score (nSPS) is 12.5. The number of hydrogen-bond acceptors (Lipinski definition) is 8. The zero-order valence-electron chi connectivity index (χ0n) is 13.1. The molecule has 0 saturated heterocycles. The molecule has 10 heteroatoms. The Morgan fingerprint density at radius 3 is 2.21 bits per heavy atom. The van der Waals surface area contributed by atoms with E-state index in [1.807, 2.05) is 0 Å². The number of nitrogens with zero attached hydrogens (tertiary/aromatic N) is 2. The molecule has 0 aliphatic carbocycles. The fraction of sp³-hybridized carbons (Fsp3) is 0.286. The van der Waals surface area contributed by atoms with Crippen LogP contribution in [0.25, 0.3) is 0 Å². The molecule has 1 aromatic carbocycles. The quantitative estimate of drug-likeness (QED) is 0.739. The van der Waals surface area contributed by atoms with Crippen molar-refractivity contribution in [3.05, 3.63) is 35.4 Å². The molecule has 1 atom stereocenters. The fourth-order valence-electron chi connectivity index (χ4n) is 1.94. The summed E-state index contributed by atoms with van der Waals surface area (Å²) in [6, 6.07) is 5.80. The number of aliphatic hydroxyl groups is 1. The summed E-state index contributed by atoms with van der Waals surface area (Å²) in [4.78, 5) is 7.92. The molecule has 130 valence electrons. The third-order valence-electron chi connectivity index (χ3n) is 3.09. The van der Waals surface area contributed by atoms with Crippen LogP contribution in [0.15, 0.2) is 24.3 Å². The van der Waals surface area contributed by atoms with Crippen LogP contribution in [0.1, 0.15) is 16.6 Å². The summed E-state index contributed by atoms with van der Waals surface area (Å²) >= 11 is 0. The van der Waals surface area contributed by atoms with Crippen LogP contribution in [0.5, 0.6) is 23.5 Å². The van der Waals surface area contributed by atoms with Gasteiger partial charge in [0.25, 0.3) is 10.1 Å². The van der Waals surface area contributed by atoms with Crippen LogP contribution in [0.2, 0.25) is 0 Å². The van der Waals surface area contributed by atoms with Gasteiger partial charge >= 0.3 is 6.01 Å². The third kappa shape index (κ3) is 3.91. The fourth-order valence-corrected chi connectivity index (χ4v) is 2.54. The van der Waals surface area contributed by atoms with E-state index in [9.17, 15) is 13.5 Å². The van der Waals surface area contributed by atoms with Gasteiger partial charge in [-0.2, -0.15) is 18.4 Å². The standard InChI is InChI=1S/C14H16N2O7S/c1-8-5-4-6-9(12(8)13(17)24(18,19)20)23-14-15-10(21-2)7-11(16-14)22-3/h4-7,13,17H,1-3H3,(H,18,19,20). The van der Waals surface area contributed by atoms with Crippen LogP contribution >= 0.6 is 0 Å². The molecule has 9 nitrogen and oxygen atoms in total. The van der Waals surface area contributed by atoms with Crippen molar-refractivity contribution in [2.45, 2.75) is 12.4 Å². The van der Waals surface area contributed by atoms with E-state index in [4.69, 9.17) is 18.8 Å². The Labute approximate surface area is 138 Å². The van der Waals surface area contributed by atoms with Crippen molar-refractivity contribution in [2.75, 3.05) is 14.2 Å². The number of ether oxygens (including phenoxy) is 3. The average Bonchev–Trinajstić information content (AvgIpc) is 2.53. The van der Waals surface area contributed by atoms with E-state index < -0.39 is 15.6 Å². The van der Waals surface area contributed by atoms with E-state index in [1.165, 1.54) is 26.4 Å². The van der Waals surface area contributed by atoms with Crippen molar-refractivity contribution in [3.8, 4) is 23.5 Å². The molecule has 0 saturated carbocycles. The van der Waals surface area contributed by atoms with Gasteiger partial charge in [0, 0.05) is 5.56 Å². The predicted molar refractivity (Wildman–Crippen MR) is 82.9 cm³/mol. The SMILES string of the molecule is COc1cc(OC)nc(Oc2cccc(C)c2C(O)S(=O)(=O)O)n1. The summed E-state index contributed by atoms with van der Waals surface area (Å²) in [6.07, 6.45) is 0. The zero-order chi connectivity index (χ0) is 17.9. The maximum Gasteiger partial charge on any atom is 0.328 e. The van der Waals surface area contributed by atoms with Crippen molar-refractivity contribution in [2.24, 2.45) is 0 Å². The minimum atomic E-state index is -4.73. The lowest BCUT2D eigenvalue weighted by Crippen LogP contribution is -2.14. The maximum absolute atomic E-state index is 11.3. The maximum atomic E-state index is 11.3. The van der Waals surface area contributed by atoms with Crippen LogP contribution in [0.4, 0.5) is 0 Å². The van der Waals surface area contributed by atoms with Crippen molar-refractivity contribution in [1.82, 2.24) is 9.97 Å². The minimum Gasteiger partial charge on any atom is -0.481 e. The molecule has 0 fully saturated rings. The molecule has 1 unspecified atom stereocenters. The smallest absolute Gasteiger partial charge is 0.328 e. The van der Waals surface area contributed by atoms with E-state index in [2.05, 4.69) is 9.97 Å². The van der Waals surface area contributed by atoms with Crippen LogP contribution in [-0.2, 0) is 10.1 Å². The molecule has 2 N–H and O–H groups in total. The van der Waals surface area contributed by atoms with E-state index in [-0.39, 0.29) is 29.1 Å². The molecule has 0 aliphatic heterocycles. The molecule has 1 aromatic heterocycles. The Morgan fingerprint density at radius 2 is 1.71 bits per heavy atom. The summed E-state index contributed by atoms with van der Waals surface area (Å²) < 4.78 is 47.1. The number of aromatic nitrogens is 2. The Morgan fingerprint density at radius 1 is 1.12 bits per heavy atom. The number of benzene rings is 1. The van der Waals surface area contributed by atoms with Gasteiger partial charge in [-0.1, -0.05) is 12.1 Å². The van der Waals surface area contributed by atoms with Gasteiger partial charge in [0.15, 0.2) is 0 Å². The lowest BCUT2D eigenvalue weighted by atomic mass is 10.1. The first-order chi connectivity index (χ1) is 11.3. The summed E-state index contributed by atoms with van der Waals surface area (Å²) in [7, 11) is -1.94. The topological polar surface area (TPSA) is 128 Å². The first kappa shape index (κ1) is 17.9. The first-order valence-corrected chi connectivity index (χ1v) is 8.15. The zero-order valence-corrected chi connectivity index (χ0v) is 13.9. The van der Waals surface area contributed by atoms with Gasteiger partial charge in [-0.3, -0.25) is 4.55 Å². The van der Waals surface area contributed by atoms with Gasteiger partial charge in [0.05, 0.1) is 20.3 Å². The van der Waals surface area contributed by atoms with Crippen LogP contribution in [-0.4, -0.2) is 42.3 Å². The second-order valence-electron chi connectivity index (χ2n) is 4.69. The van der Waals surface area contributed by atoms with E-state index in [0.29, 0.717) is 5.56 Å². The number of rotatable bonds is 6. The number of aryl methyl sites for hydroxylation is 1. The highest BCUT2D eigenvalue weighted by molar-refractivity contribution is 7.85. The van der Waals surface area contributed by atoms with Gasteiger partial charge < -0.3 is 19.3 Å². The number of methoxy groups -OCH3 is 2. The summed E-state index contributed by atoms with van der Waals surface area (Å²) in [5.74, 6) is 0.304. The molecule has 2 rings (SSSR count). The summed E-state index contributed by atoms with van der Waals surface area (Å²) in [5, 5.41) is 9.89. The highest BCUT2D eigenvalue weighted by atomic mass is 32.2. The van der Waals surface area contributed by atoms with Gasteiger partial charge in [-0.25, -0.2) is 0 Å². The van der Waals surface area contributed by atoms with E-state index in [1.54, 1.807) is 19.1 Å². The van der Waals surface area contributed by atoms with Crippen molar-refractivity contribution in [3.63, 3.8) is 0 Å². The minimum absolute atomic E-state index is 0.0320. The highest BCUT2D eigenvalue weighted by Gasteiger charge is 2.28. The van der Waals surface area contributed by atoms with Crippen molar-refractivity contribution in [1.29, 1.82) is 0 Å². The van der Waals surface area contributed by atoms with Crippen LogP contribution < -0.4 is 14.2 Å². The Kier molecular flexibility index (Phi) is 5.22. The predicted octanol–water partition coefficient (Wildman–Crippen LogP) is 1.47. The first-order valence-electron chi connectivity index (χ1n) is 6.65. The molecule has 0 spiro atoms. The number of aliphatic hydroxyl groups excluding tert-OH is 1. The van der Waals surface area contributed by atoms with Gasteiger partial charge in [0.1, 0.15) is 5.75 Å². The lowest BCUT2D eigenvalue weighted by molar-refractivity contribution is 0.232. The van der Waals surface area contributed by atoms with E-state index >= 15 is 0 Å². The summed E-state index contributed by atoms with van der Waals surface area (Å²) in [5.41, 5.74) is -1.89. The summed E-state index contributed by atoms with van der Waals surface area (Å²) in [6.45, 7) is 1.56. The third-order valence-corrected chi connectivity index (χ3v) is 3.89. The van der Waals surface area contributed by atoms with E-state index in [0.717, 1.165) is 0 Å². The highest BCUT2D eigenvalue weighted by Crippen LogP contribution is 2.34. The monoisotopic (exact) mass is 356 g/mol. The molecule has 0 aliphatic rings. The molecule has 24 heavy (non-hydrogen) atoms. The molecular weight excluding hydrogens is 340 g/mol. The Hall–Kier alpha value is -2.43. The van der Waals surface area contributed by atoms with Crippen molar-refractivity contribution >= 4 is 10.1 Å². The molecular formula is C14H16N2O7S. The largest absolute Gasteiger partial charge is 0.481 e. The van der Waals surface area contributed by atoms with Crippen LogP contribution in [0.3, 0.4) is 0 Å². The molecule has 0 radical (unpaired) electrons. The second-order valence-corrected chi connectivity index (χ2v) is 6.17. The number of hydrogen-bond donors (Lipinski definition) is 2. The molecule has 0 amide bonds. The Bertz CT molecular complexity index is 817. The van der Waals surface area contributed by atoms with Gasteiger partial charge in [0.2, 0.25) is 17.2 Å². The molecule has 2 aromatic rings. The van der Waals surface area contributed by atoms with Crippen molar-refractivity contribution < 1.29 is 32.3 Å². The average molecular weight is 356 g/mol. The van der Waals surface area contributed by atoms with Crippen LogP contribution in [0, 0.1) is 6.92 Å². The molecule has 0 bridgehead atoms.